The van der Waals surface area contributed by atoms with Crippen molar-refractivity contribution in [1.29, 1.82) is 0 Å². The number of methoxy groups -OCH3 is 1. The van der Waals surface area contributed by atoms with Gasteiger partial charge in [-0.05, 0) is 18.6 Å². The van der Waals surface area contributed by atoms with Crippen LogP contribution in [0.25, 0.3) is 0 Å². The molecule has 1 unspecified atom stereocenters. The molecular formula is C15H17NO3. The first kappa shape index (κ1) is 12.1. The molecule has 0 bridgehead atoms. The van der Waals surface area contributed by atoms with Crippen molar-refractivity contribution in [2.24, 2.45) is 0 Å². The zero-order valence-corrected chi connectivity index (χ0v) is 11.6. The Hall–Kier alpha value is -1.97. The molecule has 0 saturated carbocycles. The summed E-state index contributed by atoms with van der Waals surface area (Å²) in [5, 5.41) is 1.81. The Bertz CT molecular complexity index is 591. The highest BCUT2D eigenvalue weighted by Gasteiger charge is 2.62. The van der Waals surface area contributed by atoms with E-state index in [2.05, 4.69) is 19.9 Å². The van der Waals surface area contributed by atoms with Crippen LogP contribution in [-0.4, -0.2) is 18.6 Å². The molecule has 4 nitrogen and oxygen atoms in total. The SMILES string of the molecule is COC(=O)C1=CON2c3ccccc3C(C)(C)C12C. The van der Waals surface area contributed by atoms with E-state index in [1.807, 2.05) is 30.2 Å². The Morgan fingerprint density at radius 1 is 1.26 bits per heavy atom. The van der Waals surface area contributed by atoms with Crippen LogP contribution in [0.15, 0.2) is 36.1 Å². The van der Waals surface area contributed by atoms with Crippen molar-refractivity contribution < 1.29 is 14.4 Å². The van der Waals surface area contributed by atoms with E-state index in [0.29, 0.717) is 5.57 Å². The quantitative estimate of drug-likeness (QED) is 0.726. The minimum atomic E-state index is -0.552. The van der Waals surface area contributed by atoms with Crippen molar-refractivity contribution in [2.45, 2.75) is 31.7 Å². The highest BCUT2D eigenvalue weighted by Crippen LogP contribution is 2.57. The fourth-order valence-corrected chi connectivity index (χ4v) is 3.12. The summed E-state index contributed by atoms with van der Waals surface area (Å²) in [6.07, 6.45) is 1.50. The van der Waals surface area contributed by atoms with Crippen LogP contribution in [-0.2, 0) is 19.8 Å². The lowest BCUT2D eigenvalue weighted by molar-refractivity contribution is -0.137. The molecule has 100 valence electrons. The minimum Gasteiger partial charge on any atom is -0.466 e. The number of ether oxygens (including phenoxy) is 1. The summed E-state index contributed by atoms with van der Waals surface area (Å²) in [5.41, 5.74) is 1.93. The average Bonchev–Trinajstić information content (AvgIpc) is 2.83. The highest BCUT2D eigenvalue weighted by atomic mass is 16.7. The van der Waals surface area contributed by atoms with Crippen molar-refractivity contribution in [2.75, 3.05) is 12.2 Å². The van der Waals surface area contributed by atoms with Crippen molar-refractivity contribution in [1.82, 2.24) is 0 Å². The molecule has 0 spiro atoms. The van der Waals surface area contributed by atoms with Gasteiger partial charge in [-0.25, -0.2) is 4.79 Å². The van der Waals surface area contributed by atoms with Crippen LogP contribution in [0, 0.1) is 0 Å². The van der Waals surface area contributed by atoms with Gasteiger partial charge in [0.15, 0.2) is 0 Å². The Morgan fingerprint density at radius 2 is 1.95 bits per heavy atom. The van der Waals surface area contributed by atoms with Crippen LogP contribution in [0.1, 0.15) is 26.3 Å². The van der Waals surface area contributed by atoms with Crippen molar-refractivity contribution in [3.8, 4) is 0 Å². The second kappa shape index (κ2) is 3.53. The number of carbonyl (C=O) groups is 1. The number of fused-ring (bicyclic) bond motifs is 3. The van der Waals surface area contributed by atoms with Gasteiger partial charge < -0.3 is 9.57 Å². The van der Waals surface area contributed by atoms with Crippen LogP contribution >= 0.6 is 0 Å². The van der Waals surface area contributed by atoms with Gasteiger partial charge in [0, 0.05) is 5.41 Å². The summed E-state index contributed by atoms with van der Waals surface area (Å²) in [7, 11) is 1.39. The second-order valence-electron chi connectivity index (χ2n) is 5.64. The molecule has 0 N–H and O–H groups in total. The number of esters is 1. The third-order valence-electron chi connectivity index (χ3n) is 4.63. The lowest BCUT2D eigenvalue weighted by Crippen LogP contribution is -2.52. The maximum Gasteiger partial charge on any atom is 0.339 e. The molecule has 1 atom stereocenters. The van der Waals surface area contributed by atoms with Gasteiger partial charge in [0.1, 0.15) is 17.4 Å². The molecule has 0 aliphatic carbocycles. The second-order valence-corrected chi connectivity index (χ2v) is 5.64. The molecule has 0 amide bonds. The maximum absolute atomic E-state index is 12.0. The number of hydrogen-bond donors (Lipinski definition) is 0. The first-order valence-electron chi connectivity index (χ1n) is 6.30. The van der Waals surface area contributed by atoms with Gasteiger partial charge in [-0.2, -0.15) is 5.06 Å². The predicted molar refractivity (Wildman–Crippen MR) is 71.5 cm³/mol. The molecule has 2 aliphatic heterocycles. The summed E-state index contributed by atoms with van der Waals surface area (Å²) in [5.74, 6) is -0.342. The van der Waals surface area contributed by atoms with Crippen LogP contribution < -0.4 is 5.06 Å². The molecule has 0 saturated heterocycles. The van der Waals surface area contributed by atoms with E-state index in [1.165, 1.54) is 18.9 Å². The fraction of sp³-hybridized carbons (Fsp3) is 0.400. The molecule has 3 rings (SSSR count). The highest BCUT2D eigenvalue weighted by molar-refractivity contribution is 5.94. The number of carbonyl (C=O) groups excluding carboxylic acids is 1. The molecule has 0 aromatic heterocycles. The van der Waals surface area contributed by atoms with Crippen molar-refractivity contribution in [3.63, 3.8) is 0 Å². The Kier molecular flexibility index (Phi) is 2.24. The first-order chi connectivity index (χ1) is 8.94. The summed E-state index contributed by atoms with van der Waals surface area (Å²) in [6, 6.07) is 8.07. The number of benzene rings is 1. The zero-order chi connectivity index (χ0) is 13.8. The monoisotopic (exact) mass is 259 g/mol. The number of anilines is 1. The summed E-state index contributed by atoms with van der Waals surface area (Å²) < 4.78 is 4.89. The van der Waals surface area contributed by atoms with Crippen LogP contribution in [0.5, 0.6) is 0 Å². The third kappa shape index (κ3) is 1.21. The van der Waals surface area contributed by atoms with Gasteiger partial charge in [0.2, 0.25) is 0 Å². The molecule has 0 fully saturated rings. The van der Waals surface area contributed by atoms with Crippen LogP contribution in [0.2, 0.25) is 0 Å². The van der Waals surface area contributed by atoms with E-state index in [4.69, 9.17) is 9.57 Å². The lowest BCUT2D eigenvalue weighted by Gasteiger charge is -2.39. The topological polar surface area (TPSA) is 38.8 Å². The van der Waals surface area contributed by atoms with E-state index < -0.39 is 5.54 Å². The average molecular weight is 259 g/mol. The predicted octanol–water partition coefficient (Wildman–Crippen LogP) is 2.55. The summed E-state index contributed by atoms with van der Waals surface area (Å²) in [4.78, 5) is 17.7. The molecular weight excluding hydrogens is 242 g/mol. The first-order valence-corrected chi connectivity index (χ1v) is 6.30. The van der Waals surface area contributed by atoms with E-state index in [1.54, 1.807) is 0 Å². The van der Waals surface area contributed by atoms with Crippen LogP contribution in [0.3, 0.4) is 0 Å². The number of nitrogens with zero attached hydrogens (tertiary/aromatic N) is 1. The van der Waals surface area contributed by atoms with Gasteiger partial charge in [-0.1, -0.05) is 32.0 Å². The molecule has 19 heavy (non-hydrogen) atoms. The number of rotatable bonds is 1. The minimum absolute atomic E-state index is 0.250. The molecule has 1 aromatic rings. The molecule has 2 heterocycles. The smallest absolute Gasteiger partial charge is 0.339 e. The standard InChI is InChI=1S/C15H17NO3/c1-14(2)10-7-5-6-8-12(10)16-15(14,3)11(9-19-16)13(17)18-4/h5-9H,1-4H3. The van der Waals surface area contributed by atoms with Crippen LogP contribution in [0.4, 0.5) is 5.69 Å². The number of para-hydroxylation sites is 1. The molecule has 2 aliphatic rings. The lowest BCUT2D eigenvalue weighted by atomic mass is 9.68. The fourth-order valence-electron chi connectivity index (χ4n) is 3.12. The van der Waals surface area contributed by atoms with Gasteiger partial charge >= 0.3 is 5.97 Å². The van der Waals surface area contributed by atoms with E-state index in [9.17, 15) is 4.79 Å². The number of hydrogen-bond acceptors (Lipinski definition) is 4. The normalized spacial score (nSPS) is 26.3. The van der Waals surface area contributed by atoms with Gasteiger partial charge in [0.05, 0.1) is 12.8 Å². The van der Waals surface area contributed by atoms with E-state index in [-0.39, 0.29) is 11.4 Å². The largest absolute Gasteiger partial charge is 0.466 e. The van der Waals surface area contributed by atoms with Gasteiger partial charge in [-0.15, -0.1) is 0 Å². The zero-order valence-electron chi connectivity index (χ0n) is 11.6. The summed E-state index contributed by atoms with van der Waals surface area (Å²) >= 11 is 0. The Morgan fingerprint density at radius 3 is 2.63 bits per heavy atom. The maximum atomic E-state index is 12.0. The van der Waals surface area contributed by atoms with Gasteiger partial charge in [-0.3, -0.25) is 0 Å². The van der Waals surface area contributed by atoms with E-state index in [0.717, 1.165) is 5.69 Å². The Labute approximate surface area is 112 Å². The molecule has 0 radical (unpaired) electrons. The molecule has 4 heteroatoms. The molecule has 1 aromatic carbocycles. The third-order valence-corrected chi connectivity index (χ3v) is 4.63. The van der Waals surface area contributed by atoms with Crippen molar-refractivity contribution >= 4 is 11.7 Å². The van der Waals surface area contributed by atoms with Gasteiger partial charge in [0.25, 0.3) is 0 Å². The van der Waals surface area contributed by atoms with Crippen molar-refractivity contribution in [3.05, 3.63) is 41.7 Å². The van der Waals surface area contributed by atoms with E-state index >= 15 is 0 Å². The Balaban J connectivity index is 2.19. The summed E-state index contributed by atoms with van der Waals surface area (Å²) in [6.45, 7) is 6.26. The number of hydroxylamine groups is 1.